The summed E-state index contributed by atoms with van der Waals surface area (Å²) in [5.74, 6) is 0. The molecule has 0 amide bonds. The highest BCUT2D eigenvalue weighted by atomic mass is 32.1. The van der Waals surface area contributed by atoms with Gasteiger partial charge in [-0.3, -0.25) is 0 Å². The first-order chi connectivity index (χ1) is 12.1. The van der Waals surface area contributed by atoms with Crippen molar-refractivity contribution in [2.75, 3.05) is 25.2 Å². The SMILES string of the molecule is CC[C@@H]1CCC[P+]1(C)c1c([P+]2(CC)CCC[C@H]2C)sc2ccccc12. The Morgan fingerprint density at radius 3 is 2.52 bits per heavy atom. The molecule has 0 nitrogen and oxygen atoms in total. The van der Waals surface area contributed by atoms with Crippen LogP contribution in [-0.4, -0.2) is 36.5 Å². The maximum atomic E-state index is 2.74. The summed E-state index contributed by atoms with van der Waals surface area (Å²) in [6, 6.07) is 9.42. The Balaban J connectivity index is 2.00. The lowest BCUT2D eigenvalue weighted by molar-refractivity contribution is 0.754. The standard InChI is InChI=1S/C22H34P2S/c1-5-18-12-10-15-23(18,4)21-19-13-7-8-14-20(19)25-22(21)24(6-2)16-9-11-17(24)3/h7-8,13-14,17-18H,5-6,9-12,15-16H2,1-4H3/q+2/t17-,18-,23?,24?/m1/s1. The minimum absolute atomic E-state index is 0.957. The van der Waals surface area contributed by atoms with Crippen molar-refractivity contribution in [3.63, 3.8) is 0 Å². The lowest BCUT2D eigenvalue weighted by Crippen LogP contribution is -2.33. The van der Waals surface area contributed by atoms with Crippen molar-refractivity contribution < 1.29 is 0 Å². The molecule has 136 valence electrons. The van der Waals surface area contributed by atoms with Gasteiger partial charge in [-0.15, -0.1) is 0 Å². The molecule has 1 aromatic carbocycles. The average Bonchev–Trinajstić information content (AvgIpc) is 3.29. The summed E-state index contributed by atoms with van der Waals surface area (Å²) in [4.78, 5) is 0. The predicted octanol–water partition coefficient (Wildman–Crippen LogP) is 6.59. The summed E-state index contributed by atoms with van der Waals surface area (Å²) in [6.45, 7) is 10.3. The molecule has 2 aliphatic rings. The Bertz CT molecular complexity index is 766. The number of thiophene rings is 1. The summed E-state index contributed by atoms with van der Waals surface area (Å²) in [6.07, 6.45) is 11.8. The molecule has 3 heterocycles. The molecule has 0 radical (unpaired) electrons. The molecule has 2 aromatic rings. The Hall–Kier alpha value is 0.0400. The van der Waals surface area contributed by atoms with E-state index in [2.05, 4.69) is 63.0 Å². The maximum Gasteiger partial charge on any atom is 0.189 e. The van der Waals surface area contributed by atoms with E-state index in [0.29, 0.717) is 0 Å². The van der Waals surface area contributed by atoms with E-state index in [1.807, 2.05) is 9.92 Å². The largest absolute Gasteiger partial charge is 0.189 e. The molecule has 0 spiro atoms. The molecule has 0 saturated carbocycles. The molecular formula is C22H34P2S+2. The zero-order valence-corrected chi connectivity index (χ0v) is 19.0. The minimum atomic E-state index is -1.01. The first kappa shape index (κ1) is 18.4. The molecule has 4 atom stereocenters. The third-order valence-electron chi connectivity index (χ3n) is 7.49. The van der Waals surface area contributed by atoms with Gasteiger partial charge < -0.3 is 0 Å². The van der Waals surface area contributed by atoms with Gasteiger partial charge in [0, 0.05) is 10.1 Å². The van der Waals surface area contributed by atoms with Crippen molar-refractivity contribution >= 4 is 45.9 Å². The number of benzene rings is 1. The van der Waals surface area contributed by atoms with Crippen LogP contribution in [0, 0.1) is 0 Å². The van der Waals surface area contributed by atoms with Crippen LogP contribution in [0.5, 0.6) is 0 Å². The summed E-state index contributed by atoms with van der Waals surface area (Å²) < 4.78 is 3.53. The van der Waals surface area contributed by atoms with Crippen LogP contribution in [0.4, 0.5) is 0 Å². The quantitative estimate of drug-likeness (QED) is 0.515. The van der Waals surface area contributed by atoms with Crippen molar-refractivity contribution in [2.24, 2.45) is 0 Å². The van der Waals surface area contributed by atoms with Crippen LogP contribution in [0.25, 0.3) is 10.1 Å². The molecular weight excluding hydrogens is 358 g/mol. The van der Waals surface area contributed by atoms with Crippen LogP contribution in [0.3, 0.4) is 0 Å². The fourth-order valence-corrected chi connectivity index (χ4v) is 19.8. The van der Waals surface area contributed by atoms with Crippen LogP contribution in [0.1, 0.15) is 52.9 Å². The highest BCUT2D eigenvalue weighted by molar-refractivity contribution is 7.93. The van der Waals surface area contributed by atoms with E-state index in [0.717, 1.165) is 11.3 Å². The van der Waals surface area contributed by atoms with Gasteiger partial charge in [-0.25, -0.2) is 0 Å². The van der Waals surface area contributed by atoms with Crippen LogP contribution < -0.4 is 9.92 Å². The average molecular weight is 393 g/mol. The normalized spacial score (nSPS) is 35.7. The lowest BCUT2D eigenvalue weighted by atomic mass is 10.2. The van der Waals surface area contributed by atoms with E-state index in [9.17, 15) is 0 Å². The topological polar surface area (TPSA) is 0 Å². The van der Waals surface area contributed by atoms with E-state index in [1.165, 1.54) is 50.6 Å². The first-order valence-electron chi connectivity index (χ1n) is 10.3. The molecule has 2 unspecified atom stereocenters. The van der Waals surface area contributed by atoms with Gasteiger partial charge >= 0.3 is 0 Å². The van der Waals surface area contributed by atoms with E-state index in [1.54, 1.807) is 10.1 Å². The second kappa shape index (κ2) is 6.89. The van der Waals surface area contributed by atoms with Crippen molar-refractivity contribution in [2.45, 2.75) is 64.2 Å². The molecule has 3 heteroatoms. The first-order valence-corrected chi connectivity index (χ1v) is 15.8. The van der Waals surface area contributed by atoms with Gasteiger partial charge in [0.15, 0.2) is 9.92 Å². The van der Waals surface area contributed by atoms with Gasteiger partial charge in [0.1, 0.15) is 0 Å². The third kappa shape index (κ3) is 2.68. The van der Waals surface area contributed by atoms with Gasteiger partial charge in [-0.05, 0) is 58.1 Å². The molecule has 0 N–H and O–H groups in total. The summed E-state index contributed by atoms with van der Waals surface area (Å²) in [5, 5.41) is 3.59. The fourth-order valence-electron chi connectivity index (χ4n) is 5.89. The van der Waals surface area contributed by atoms with Crippen molar-refractivity contribution in [3.05, 3.63) is 24.3 Å². The molecule has 2 saturated heterocycles. The van der Waals surface area contributed by atoms with Crippen LogP contribution in [-0.2, 0) is 0 Å². The van der Waals surface area contributed by atoms with Gasteiger partial charge in [-0.2, -0.15) is 0 Å². The zero-order valence-electron chi connectivity index (χ0n) is 16.4. The molecule has 1 aromatic heterocycles. The highest BCUT2D eigenvalue weighted by Crippen LogP contribution is 2.73. The van der Waals surface area contributed by atoms with Gasteiger partial charge in [0.05, 0.1) is 51.0 Å². The summed E-state index contributed by atoms with van der Waals surface area (Å²) >= 11 is 2.22. The van der Waals surface area contributed by atoms with Gasteiger partial charge in [0.2, 0.25) is 0 Å². The second-order valence-electron chi connectivity index (χ2n) is 8.51. The molecule has 2 aliphatic heterocycles. The van der Waals surface area contributed by atoms with E-state index in [-0.39, 0.29) is 0 Å². The second-order valence-corrected chi connectivity index (χ2v) is 18.5. The van der Waals surface area contributed by atoms with E-state index < -0.39 is 14.5 Å². The Morgan fingerprint density at radius 1 is 1.08 bits per heavy atom. The summed E-state index contributed by atoms with van der Waals surface area (Å²) in [7, 11) is -1.98. The molecule has 0 aliphatic carbocycles. The number of hydrogen-bond donors (Lipinski definition) is 0. The lowest BCUT2D eigenvalue weighted by Gasteiger charge is -2.30. The number of fused-ring (bicyclic) bond motifs is 1. The van der Waals surface area contributed by atoms with Crippen molar-refractivity contribution in [1.82, 2.24) is 0 Å². The maximum absolute atomic E-state index is 2.74. The van der Waals surface area contributed by atoms with Crippen LogP contribution in [0.15, 0.2) is 24.3 Å². The minimum Gasteiger partial charge on any atom is -0.0948 e. The van der Waals surface area contributed by atoms with Crippen molar-refractivity contribution in [3.8, 4) is 0 Å². The molecule has 2 fully saturated rings. The Labute approximate surface area is 159 Å². The summed E-state index contributed by atoms with van der Waals surface area (Å²) in [5.41, 5.74) is 1.94. The third-order valence-corrected chi connectivity index (χ3v) is 20.3. The van der Waals surface area contributed by atoms with Crippen LogP contribution in [0.2, 0.25) is 0 Å². The van der Waals surface area contributed by atoms with Gasteiger partial charge in [-0.1, -0.05) is 30.4 Å². The highest BCUT2D eigenvalue weighted by Gasteiger charge is 2.57. The predicted molar refractivity (Wildman–Crippen MR) is 123 cm³/mol. The monoisotopic (exact) mass is 392 g/mol. The van der Waals surface area contributed by atoms with Gasteiger partial charge in [0.25, 0.3) is 0 Å². The Morgan fingerprint density at radius 2 is 1.84 bits per heavy atom. The fraction of sp³-hybridized carbons (Fsp3) is 0.636. The molecule has 25 heavy (non-hydrogen) atoms. The number of rotatable bonds is 4. The smallest absolute Gasteiger partial charge is 0.0948 e. The van der Waals surface area contributed by atoms with E-state index in [4.69, 9.17) is 0 Å². The van der Waals surface area contributed by atoms with E-state index >= 15 is 0 Å². The zero-order chi connectivity index (χ0) is 17.7. The van der Waals surface area contributed by atoms with Crippen molar-refractivity contribution in [1.29, 1.82) is 0 Å². The number of hydrogen-bond acceptors (Lipinski definition) is 1. The Kier molecular flexibility index (Phi) is 5.07. The van der Waals surface area contributed by atoms with Crippen LogP contribution >= 0.6 is 25.9 Å². The molecule has 0 bridgehead atoms. The molecule has 4 rings (SSSR count).